The molecule has 0 aromatic carbocycles. The molecule has 1 aromatic heterocycles. The van der Waals surface area contributed by atoms with Crippen LogP contribution in [0, 0.1) is 6.92 Å². The van der Waals surface area contributed by atoms with E-state index in [1.54, 1.807) is 20.8 Å². The third kappa shape index (κ3) is 4.35. The van der Waals surface area contributed by atoms with E-state index in [1.807, 2.05) is 0 Å². The molecule has 1 heterocycles. The number of hydrogen-bond donors (Lipinski definition) is 1. The van der Waals surface area contributed by atoms with E-state index >= 15 is 0 Å². The van der Waals surface area contributed by atoms with Gasteiger partial charge in [0.25, 0.3) is 0 Å². The summed E-state index contributed by atoms with van der Waals surface area (Å²) < 4.78 is 5.53. The van der Waals surface area contributed by atoms with Gasteiger partial charge in [0.1, 0.15) is 4.88 Å². The van der Waals surface area contributed by atoms with E-state index < -0.39 is 5.97 Å². The highest BCUT2D eigenvalue weighted by atomic mass is 32.2. The molecule has 1 aromatic rings. The summed E-state index contributed by atoms with van der Waals surface area (Å²) in [5, 5.41) is 8.84. The Morgan fingerprint density at radius 2 is 2.18 bits per heavy atom. The normalized spacial score (nSPS) is 10.6. The molecule has 1 N–H and O–H groups in total. The minimum absolute atomic E-state index is 0.143. The first-order valence-electron chi connectivity index (χ1n) is 4.93. The Hall–Kier alpha value is -1.08. The average molecular weight is 275 g/mol. The number of aromatic nitrogens is 1. The molecule has 5 nitrogen and oxygen atoms in total. The smallest absolute Gasteiger partial charge is 0.347 e. The predicted octanol–water partition coefficient (Wildman–Crippen LogP) is 2.19. The number of nitrogens with zero attached hydrogens (tertiary/aromatic N) is 1. The van der Waals surface area contributed by atoms with Crippen LogP contribution < -0.4 is 0 Å². The number of carboxylic acid groups (broad SMARTS) is 1. The van der Waals surface area contributed by atoms with E-state index in [0.29, 0.717) is 10.0 Å². The lowest BCUT2D eigenvalue weighted by molar-refractivity contribution is -0.144. The molecular weight excluding hydrogens is 262 g/mol. The van der Waals surface area contributed by atoms with Crippen molar-refractivity contribution in [2.24, 2.45) is 0 Å². The maximum Gasteiger partial charge on any atom is 0.347 e. The summed E-state index contributed by atoms with van der Waals surface area (Å²) in [5.74, 6) is -1.17. The van der Waals surface area contributed by atoms with Gasteiger partial charge in [0.05, 0.1) is 17.6 Å². The molecule has 0 aliphatic rings. The number of rotatable bonds is 5. The van der Waals surface area contributed by atoms with Gasteiger partial charge in [0.2, 0.25) is 0 Å². The second-order valence-electron chi connectivity index (χ2n) is 3.53. The topological polar surface area (TPSA) is 76.5 Å². The number of aryl methyl sites for hydroxylation is 1. The molecule has 0 saturated carbocycles. The van der Waals surface area contributed by atoms with Crippen molar-refractivity contribution in [2.45, 2.75) is 31.2 Å². The first-order valence-corrected chi connectivity index (χ1v) is 6.73. The fourth-order valence-corrected chi connectivity index (χ4v) is 2.86. The second kappa shape index (κ2) is 6.02. The molecule has 0 aliphatic carbocycles. The molecule has 0 fully saturated rings. The number of carbonyl (C=O) groups excluding carboxylic acids is 1. The summed E-state index contributed by atoms with van der Waals surface area (Å²) in [6.45, 7) is 5.19. The number of esters is 1. The molecule has 0 saturated heterocycles. The summed E-state index contributed by atoms with van der Waals surface area (Å²) >= 11 is 2.27. The number of hydrogen-bond acceptors (Lipinski definition) is 6. The van der Waals surface area contributed by atoms with E-state index in [4.69, 9.17) is 9.84 Å². The number of carboxylic acids is 1. The third-order valence-corrected chi connectivity index (χ3v) is 3.91. The zero-order chi connectivity index (χ0) is 13.0. The van der Waals surface area contributed by atoms with Crippen LogP contribution in [0.4, 0.5) is 0 Å². The SMILES string of the molecule is Cc1nc(SCC(=O)OC(C)C)sc1C(=O)O. The van der Waals surface area contributed by atoms with Gasteiger partial charge in [-0.05, 0) is 20.8 Å². The standard InChI is InChI=1S/C10H13NO4S2/c1-5(2)15-7(12)4-16-10-11-6(3)8(17-10)9(13)14/h5H,4H2,1-3H3,(H,13,14). The first-order chi connectivity index (χ1) is 7.90. The average Bonchev–Trinajstić information content (AvgIpc) is 2.56. The predicted molar refractivity (Wildman–Crippen MR) is 65.8 cm³/mol. The Bertz CT molecular complexity index is 428. The van der Waals surface area contributed by atoms with E-state index in [0.717, 1.165) is 11.3 Å². The van der Waals surface area contributed by atoms with Crippen molar-refractivity contribution in [3.05, 3.63) is 10.6 Å². The largest absolute Gasteiger partial charge is 0.477 e. The zero-order valence-corrected chi connectivity index (χ0v) is 11.4. The van der Waals surface area contributed by atoms with Gasteiger partial charge in [0.15, 0.2) is 4.34 Å². The quantitative estimate of drug-likeness (QED) is 0.655. The highest BCUT2D eigenvalue weighted by molar-refractivity contribution is 8.01. The molecule has 0 unspecified atom stereocenters. The van der Waals surface area contributed by atoms with Crippen molar-refractivity contribution in [3.63, 3.8) is 0 Å². The summed E-state index contributed by atoms with van der Waals surface area (Å²) in [7, 11) is 0. The van der Waals surface area contributed by atoms with Crippen LogP contribution in [-0.4, -0.2) is 33.9 Å². The lowest BCUT2D eigenvalue weighted by Gasteiger charge is -2.06. The summed E-state index contributed by atoms with van der Waals surface area (Å²) in [5.41, 5.74) is 0.474. The van der Waals surface area contributed by atoms with Crippen LogP contribution in [-0.2, 0) is 9.53 Å². The number of aromatic carboxylic acids is 1. The number of thioether (sulfide) groups is 1. The molecule has 0 bridgehead atoms. The molecule has 1 rings (SSSR count). The maximum absolute atomic E-state index is 11.3. The first kappa shape index (κ1) is 14.0. The Morgan fingerprint density at radius 1 is 1.53 bits per heavy atom. The lowest BCUT2D eigenvalue weighted by atomic mass is 10.4. The molecule has 17 heavy (non-hydrogen) atoms. The second-order valence-corrected chi connectivity index (χ2v) is 5.75. The minimum atomic E-state index is -0.989. The van der Waals surface area contributed by atoms with Crippen LogP contribution in [0.3, 0.4) is 0 Å². The monoisotopic (exact) mass is 275 g/mol. The fraction of sp³-hybridized carbons (Fsp3) is 0.500. The van der Waals surface area contributed by atoms with E-state index in [2.05, 4.69) is 4.98 Å². The molecule has 0 spiro atoms. The van der Waals surface area contributed by atoms with Crippen LogP contribution in [0.2, 0.25) is 0 Å². The van der Waals surface area contributed by atoms with Gasteiger partial charge in [-0.3, -0.25) is 4.79 Å². The Balaban J connectivity index is 2.55. The van der Waals surface area contributed by atoms with E-state index in [1.165, 1.54) is 11.8 Å². The maximum atomic E-state index is 11.3. The zero-order valence-electron chi connectivity index (χ0n) is 9.72. The van der Waals surface area contributed by atoms with Crippen molar-refractivity contribution < 1.29 is 19.4 Å². The number of thiazole rings is 1. The van der Waals surface area contributed by atoms with Crippen molar-refractivity contribution in [1.29, 1.82) is 0 Å². The van der Waals surface area contributed by atoms with Gasteiger partial charge < -0.3 is 9.84 Å². The van der Waals surface area contributed by atoms with Gasteiger partial charge in [0, 0.05) is 0 Å². The number of carbonyl (C=O) groups is 2. The fourth-order valence-electron chi connectivity index (χ4n) is 1.05. The summed E-state index contributed by atoms with van der Waals surface area (Å²) in [6.07, 6.45) is -0.143. The molecule has 7 heteroatoms. The molecule has 0 aliphatic heterocycles. The van der Waals surface area contributed by atoms with Crippen molar-refractivity contribution in [3.8, 4) is 0 Å². The van der Waals surface area contributed by atoms with E-state index in [-0.39, 0.29) is 22.7 Å². The minimum Gasteiger partial charge on any atom is -0.477 e. The number of ether oxygens (including phenoxy) is 1. The van der Waals surface area contributed by atoms with Crippen LogP contribution in [0.15, 0.2) is 4.34 Å². The van der Waals surface area contributed by atoms with Crippen LogP contribution in [0.1, 0.15) is 29.2 Å². The van der Waals surface area contributed by atoms with Gasteiger partial charge in [-0.15, -0.1) is 11.3 Å². The summed E-state index contributed by atoms with van der Waals surface area (Å²) in [6, 6.07) is 0. The van der Waals surface area contributed by atoms with Gasteiger partial charge in [-0.1, -0.05) is 11.8 Å². The van der Waals surface area contributed by atoms with Gasteiger partial charge in [-0.2, -0.15) is 0 Å². The molecular formula is C10H13NO4S2. The molecule has 0 amide bonds. The van der Waals surface area contributed by atoms with Crippen LogP contribution in [0.5, 0.6) is 0 Å². The highest BCUT2D eigenvalue weighted by Gasteiger charge is 2.15. The Labute approximate surface area is 107 Å². The molecule has 94 valence electrons. The lowest BCUT2D eigenvalue weighted by Crippen LogP contribution is -2.13. The van der Waals surface area contributed by atoms with E-state index in [9.17, 15) is 9.59 Å². The third-order valence-electron chi connectivity index (χ3n) is 1.65. The van der Waals surface area contributed by atoms with Gasteiger partial charge in [-0.25, -0.2) is 9.78 Å². The molecule has 0 radical (unpaired) electrons. The highest BCUT2D eigenvalue weighted by Crippen LogP contribution is 2.27. The Kier molecular flexibility index (Phi) is 4.95. The van der Waals surface area contributed by atoms with Crippen molar-refractivity contribution in [1.82, 2.24) is 4.98 Å². The Morgan fingerprint density at radius 3 is 2.65 bits per heavy atom. The van der Waals surface area contributed by atoms with Crippen molar-refractivity contribution >= 4 is 35.0 Å². The van der Waals surface area contributed by atoms with Crippen molar-refractivity contribution in [2.75, 3.05) is 5.75 Å². The molecule has 0 atom stereocenters. The van der Waals surface area contributed by atoms with Gasteiger partial charge >= 0.3 is 11.9 Å². The van der Waals surface area contributed by atoms with Crippen LogP contribution >= 0.6 is 23.1 Å². The van der Waals surface area contributed by atoms with Crippen LogP contribution in [0.25, 0.3) is 0 Å². The summed E-state index contributed by atoms with van der Waals surface area (Å²) in [4.78, 5) is 26.3.